The second-order valence-corrected chi connectivity index (χ2v) is 3.18. The van der Waals surface area contributed by atoms with Gasteiger partial charge in [-0.3, -0.25) is 4.79 Å². The van der Waals surface area contributed by atoms with Crippen LogP contribution in [0.1, 0.15) is 32.6 Å². The Balaban J connectivity index is 2.39. The molecule has 0 unspecified atom stereocenters. The van der Waals surface area contributed by atoms with Crippen LogP contribution in [0.2, 0.25) is 0 Å². The van der Waals surface area contributed by atoms with Gasteiger partial charge in [-0.2, -0.15) is 0 Å². The normalized spacial score (nSPS) is 23.7. The lowest BCUT2D eigenvalue weighted by molar-refractivity contribution is -0.146. The standard InChI is InChI=1S/C9H17NO2/c1-3-8(11)10(2)9-6-4-5-7-12-9/h9H,3-7H2,1-2H3/t9-/m1/s1. The summed E-state index contributed by atoms with van der Waals surface area (Å²) >= 11 is 0. The van der Waals surface area contributed by atoms with Crippen LogP contribution in [-0.4, -0.2) is 30.7 Å². The van der Waals surface area contributed by atoms with Crippen LogP contribution in [0, 0.1) is 0 Å². The summed E-state index contributed by atoms with van der Waals surface area (Å²) < 4.78 is 5.47. The first-order valence-corrected chi connectivity index (χ1v) is 4.63. The molecule has 70 valence electrons. The molecule has 0 radical (unpaired) electrons. The third kappa shape index (κ3) is 2.21. The minimum absolute atomic E-state index is 0.0335. The highest BCUT2D eigenvalue weighted by Gasteiger charge is 2.21. The van der Waals surface area contributed by atoms with E-state index in [0.717, 1.165) is 19.4 Å². The van der Waals surface area contributed by atoms with Gasteiger partial charge in [0.1, 0.15) is 6.23 Å². The van der Waals surface area contributed by atoms with E-state index in [1.165, 1.54) is 6.42 Å². The second kappa shape index (κ2) is 4.45. The Bertz CT molecular complexity index is 153. The van der Waals surface area contributed by atoms with Gasteiger partial charge < -0.3 is 9.64 Å². The summed E-state index contributed by atoms with van der Waals surface area (Å²) in [6.07, 6.45) is 3.89. The van der Waals surface area contributed by atoms with Crippen molar-refractivity contribution in [1.29, 1.82) is 0 Å². The zero-order valence-corrected chi connectivity index (χ0v) is 7.88. The molecule has 1 amide bonds. The topological polar surface area (TPSA) is 29.5 Å². The van der Waals surface area contributed by atoms with Crippen molar-refractivity contribution in [3.63, 3.8) is 0 Å². The van der Waals surface area contributed by atoms with Crippen molar-refractivity contribution < 1.29 is 9.53 Å². The summed E-state index contributed by atoms with van der Waals surface area (Å²) in [7, 11) is 1.82. The Labute approximate surface area is 73.7 Å². The molecule has 0 bridgehead atoms. The first-order valence-electron chi connectivity index (χ1n) is 4.63. The number of hydrogen-bond donors (Lipinski definition) is 0. The van der Waals surface area contributed by atoms with Gasteiger partial charge in [0.05, 0.1) is 0 Å². The monoisotopic (exact) mass is 171 g/mol. The largest absolute Gasteiger partial charge is 0.358 e. The van der Waals surface area contributed by atoms with Crippen molar-refractivity contribution in [3.05, 3.63) is 0 Å². The number of nitrogens with zero attached hydrogens (tertiary/aromatic N) is 1. The molecule has 0 aromatic carbocycles. The maximum Gasteiger partial charge on any atom is 0.224 e. The van der Waals surface area contributed by atoms with Crippen LogP contribution in [0.3, 0.4) is 0 Å². The van der Waals surface area contributed by atoms with Gasteiger partial charge in [-0.1, -0.05) is 6.92 Å². The van der Waals surface area contributed by atoms with E-state index in [1.807, 2.05) is 14.0 Å². The lowest BCUT2D eigenvalue weighted by Gasteiger charge is -2.30. The molecule has 1 aliphatic rings. The van der Waals surface area contributed by atoms with Crippen LogP contribution in [0.25, 0.3) is 0 Å². The third-order valence-corrected chi connectivity index (χ3v) is 2.28. The van der Waals surface area contributed by atoms with E-state index in [9.17, 15) is 4.79 Å². The second-order valence-electron chi connectivity index (χ2n) is 3.18. The van der Waals surface area contributed by atoms with Crippen molar-refractivity contribution >= 4 is 5.91 Å². The smallest absolute Gasteiger partial charge is 0.224 e. The molecule has 0 spiro atoms. The van der Waals surface area contributed by atoms with E-state index in [1.54, 1.807) is 4.90 Å². The van der Waals surface area contributed by atoms with Crippen molar-refractivity contribution in [2.45, 2.75) is 38.8 Å². The number of hydrogen-bond acceptors (Lipinski definition) is 2. The number of amides is 1. The number of rotatable bonds is 2. The lowest BCUT2D eigenvalue weighted by Crippen LogP contribution is -2.40. The Morgan fingerprint density at radius 2 is 2.33 bits per heavy atom. The van der Waals surface area contributed by atoms with Gasteiger partial charge in [0.25, 0.3) is 0 Å². The molecule has 0 saturated carbocycles. The molecule has 0 N–H and O–H groups in total. The summed E-state index contributed by atoms with van der Waals surface area (Å²) in [6.45, 7) is 2.67. The Morgan fingerprint density at radius 1 is 1.58 bits per heavy atom. The molecule has 0 aromatic rings. The van der Waals surface area contributed by atoms with Crippen molar-refractivity contribution in [3.8, 4) is 0 Å². The van der Waals surface area contributed by atoms with Gasteiger partial charge in [0.15, 0.2) is 0 Å². The van der Waals surface area contributed by atoms with Crippen LogP contribution < -0.4 is 0 Å². The third-order valence-electron chi connectivity index (χ3n) is 2.28. The molecule has 1 saturated heterocycles. The first-order chi connectivity index (χ1) is 5.75. The summed E-state index contributed by atoms with van der Waals surface area (Å²) in [5, 5.41) is 0. The van der Waals surface area contributed by atoms with E-state index in [4.69, 9.17) is 4.74 Å². The van der Waals surface area contributed by atoms with Gasteiger partial charge in [-0.15, -0.1) is 0 Å². The van der Waals surface area contributed by atoms with Crippen molar-refractivity contribution in [2.24, 2.45) is 0 Å². The van der Waals surface area contributed by atoms with Gasteiger partial charge in [-0.25, -0.2) is 0 Å². The Hall–Kier alpha value is -0.570. The lowest BCUT2D eigenvalue weighted by atomic mass is 10.1. The highest BCUT2D eigenvalue weighted by atomic mass is 16.5. The molecule has 12 heavy (non-hydrogen) atoms. The van der Waals surface area contributed by atoms with Crippen LogP contribution in [-0.2, 0) is 9.53 Å². The fraction of sp³-hybridized carbons (Fsp3) is 0.889. The zero-order valence-electron chi connectivity index (χ0n) is 7.88. The van der Waals surface area contributed by atoms with E-state index in [2.05, 4.69) is 0 Å². The quantitative estimate of drug-likeness (QED) is 0.628. The summed E-state index contributed by atoms with van der Waals surface area (Å²) in [6, 6.07) is 0. The predicted molar refractivity (Wildman–Crippen MR) is 46.7 cm³/mol. The number of carbonyl (C=O) groups is 1. The molecule has 1 atom stereocenters. The predicted octanol–water partition coefficient (Wildman–Crippen LogP) is 1.38. The fourth-order valence-electron chi connectivity index (χ4n) is 1.44. The van der Waals surface area contributed by atoms with Crippen LogP contribution in [0.4, 0.5) is 0 Å². The maximum atomic E-state index is 11.3. The van der Waals surface area contributed by atoms with Crippen molar-refractivity contribution in [1.82, 2.24) is 4.90 Å². The molecule has 3 heteroatoms. The van der Waals surface area contributed by atoms with Crippen LogP contribution in [0.15, 0.2) is 0 Å². The molecule has 1 aliphatic heterocycles. The van der Waals surface area contributed by atoms with E-state index >= 15 is 0 Å². The minimum atomic E-state index is 0.0335. The molecule has 1 fully saturated rings. The molecular formula is C9H17NO2. The summed E-state index contributed by atoms with van der Waals surface area (Å²) in [5.74, 6) is 0.168. The summed E-state index contributed by atoms with van der Waals surface area (Å²) in [4.78, 5) is 13.0. The Morgan fingerprint density at radius 3 is 2.83 bits per heavy atom. The maximum absolute atomic E-state index is 11.3. The molecule has 0 aliphatic carbocycles. The molecule has 0 aromatic heterocycles. The highest BCUT2D eigenvalue weighted by Crippen LogP contribution is 2.15. The van der Waals surface area contributed by atoms with Gasteiger partial charge >= 0.3 is 0 Å². The first kappa shape index (κ1) is 9.52. The van der Waals surface area contributed by atoms with Gasteiger partial charge in [0, 0.05) is 20.1 Å². The van der Waals surface area contributed by atoms with E-state index in [-0.39, 0.29) is 12.1 Å². The average molecular weight is 171 g/mol. The van der Waals surface area contributed by atoms with E-state index in [0.29, 0.717) is 6.42 Å². The van der Waals surface area contributed by atoms with Crippen LogP contribution in [0.5, 0.6) is 0 Å². The average Bonchev–Trinajstić information content (AvgIpc) is 2.17. The molecule has 1 heterocycles. The van der Waals surface area contributed by atoms with E-state index < -0.39 is 0 Å². The zero-order chi connectivity index (χ0) is 8.97. The molecule has 1 rings (SSSR count). The highest BCUT2D eigenvalue weighted by molar-refractivity contribution is 5.75. The molecular weight excluding hydrogens is 154 g/mol. The number of ether oxygens (including phenoxy) is 1. The SMILES string of the molecule is CCC(=O)N(C)[C@H]1CCCCO1. The minimum Gasteiger partial charge on any atom is -0.358 e. The number of carbonyl (C=O) groups excluding carboxylic acids is 1. The van der Waals surface area contributed by atoms with Gasteiger partial charge in [0.2, 0.25) is 5.91 Å². The molecule has 3 nitrogen and oxygen atoms in total. The Kier molecular flexibility index (Phi) is 3.53. The summed E-state index contributed by atoms with van der Waals surface area (Å²) in [5.41, 5.74) is 0. The fourth-order valence-corrected chi connectivity index (χ4v) is 1.44. The van der Waals surface area contributed by atoms with Crippen LogP contribution >= 0.6 is 0 Å². The van der Waals surface area contributed by atoms with Crippen molar-refractivity contribution in [2.75, 3.05) is 13.7 Å². The van der Waals surface area contributed by atoms with Gasteiger partial charge in [-0.05, 0) is 19.3 Å².